The molecule has 0 saturated heterocycles. The number of anilines is 1. The van der Waals surface area contributed by atoms with E-state index in [1.807, 2.05) is 44.2 Å². The van der Waals surface area contributed by atoms with Crippen LogP contribution >= 0.6 is 15.9 Å². The number of carbonyl (C=O) groups excluding carboxylic acids is 1. The maximum Gasteiger partial charge on any atom is 0.340 e. The molecule has 0 spiro atoms. The van der Waals surface area contributed by atoms with Crippen LogP contribution in [0.15, 0.2) is 44.0 Å². The third-order valence-corrected chi connectivity index (χ3v) is 5.78. The van der Waals surface area contributed by atoms with Gasteiger partial charge in [-0.2, -0.15) is 0 Å². The van der Waals surface area contributed by atoms with Gasteiger partial charge in [0.2, 0.25) is 0 Å². The fraction of sp³-hybridized carbons (Fsp3) is 0.273. The molecule has 150 valence electrons. The zero-order chi connectivity index (χ0) is 20.7. The molecule has 4 rings (SSSR count). The first-order chi connectivity index (χ1) is 13.9. The van der Waals surface area contributed by atoms with Gasteiger partial charge >= 0.3 is 11.6 Å². The van der Waals surface area contributed by atoms with E-state index >= 15 is 0 Å². The minimum absolute atomic E-state index is 0.114. The smallest absolute Gasteiger partial charge is 0.340 e. The number of methoxy groups -OCH3 is 1. The molecule has 6 nitrogen and oxygen atoms in total. The van der Waals surface area contributed by atoms with Crippen LogP contribution in [0.3, 0.4) is 0 Å². The quantitative estimate of drug-likeness (QED) is 0.432. The van der Waals surface area contributed by atoms with Crippen molar-refractivity contribution in [3.05, 3.63) is 67.5 Å². The second kappa shape index (κ2) is 7.55. The number of halogens is 1. The van der Waals surface area contributed by atoms with E-state index in [9.17, 15) is 9.59 Å². The molecule has 2 aromatic carbocycles. The number of fused-ring (bicyclic) bond motifs is 2. The second-order valence-electron chi connectivity index (χ2n) is 7.06. The standard InChI is InChI=1S/C22H20BrNO5/c1-12-17-7-14-10-24(16-6-4-5-15(23)8-16)11-28-20(14)13(2)21(17)29-22(26)18(12)9-19(25)27-3/h4-8H,9-11H2,1-3H3. The van der Waals surface area contributed by atoms with Crippen molar-refractivity contribution in [2.24, 2.45) is 0 Å². The van der Waals surface area contributed by atoms with Crippen LogP contribution in [-0.2, 0) is 22.5 Å². The summed E-state index contributed by atoms with van der Waals surface area (Å²) in [7, 11) is 1.30. The molecule has 1 aliphatic heterocycles. The normalized spacial score (nSPS) is 13.2. The van der Waals surface area contributed by atoms with Crippen molar-refractivity contribution in [3.8, 4) is 5.75 Å². The van der Waals surface area contributed by atoms with E-state index < -0.39 is 11.6 Å². The zero-order valence-corrected chi connectivity index (χ0v) is 18.0. The Morgan fingerprint density at radius 2 is 2.03 bits per heavy atom. The maximum absolute atomic E-state index is 12.5. The summed E-state index contributed by atoms with van der Waals surface area (Å²) in [6, 6.07) is 10.0. The first kappa shape index (κ1) is 19.5. The molecule has 3 aromatic rings. The van der Waals surface area contributed by atoms with Crippen LogP contribution in [0.25, 0.3) is 11.0 Å². The third-order valence-electron chi connectivity index (χ3n) is 5.28. The van der Waals surface area contributed by atoms with Crippen molar-refractivity contribution in [1.29, 1.82) is 0 Å². The molecule has 0 bridgehead atoms. The minimum Gasteiger partial charge on any atom is -0.472 e. The summed E-state index contributed by atoms with van der Waals surface area (Å²) in [5.74, 6) is 0.269. The van der Waals surface area contributed by atoms with Crippen molar-refractivity contribution < 1.29 is 18.7 Å². The summed E-state index contributed by atoms with van der Waals surface area (Å²) >= 11 is 3.51. The number of ether oxygens (including phenoxy) is 2. The molecule has 0 unspecified atom stereocenters. The minimum atomic E-state index is -0.518. The molecule has 29 heavy (non-hydrogen) atoms. The van der Waals surface area contributed by atoms with Crippen LogP contribution < -0.4 is 15.3 Å². The molecule has 1 aliphatic rings. The van der Waals surface area contributed by atoms with E-state index in [4.69, 9.17) is 13.9 Å². The van der Waals surface area contributed by atoms with Gasteiger partial charge in [0.05, 0.1) is 19.1 Å². The van der Waals surface area contributed by atoms with E-state index in [0.717, 1.165) is 38.0 Å². The van der Waals surface area contributed by atoms with Gasteiger partial charge in [0.1, 0.15) is 11.3 Å². The highest BCUT2D eigenvalue weighted by atomic mass is 79.9. The summed E-state index contributed by atoms with van der Waals surface area (Å²) in [6.07, 6.45) is -0.114. The number of hydrogen-bond donors (Lipinski definition) is 0. The first-order valence-corrected chi connectivity index (χ1v) is 9.97. The van der Waals surface area contributed by atoms with Crippen LogP contribution in [0, 0.1) is 13.8 Å². The summed E-state index contributed by atoms with van der Waals surface area (Å²) in [6.45, 7) is 4.78. The largest absolute Gasteiger partial charge is 0.472 e. The third kappa shape index (κ3) is 3.51. The summed E-state index contributed by atoms with van der Waals surface area (Å²) in [5.41, 5.74) is 3.87. The van der Waals surface area contributed by atoms with Gasteiger partial charge in [-0.25, -0.2) is 4.79 Å². The number of esters is 1. The summed E-state index contributed by atoms with van der Waals surface area (Å²) in [5, 5.41) is 0.805. The monoisotopic (exact) mass is 457 g/mol. The number of hydrogen-bond acceptors (Lipinski definition) is 6. The Balaban J connectivity index is 1.81. The van der Waals surface area contributed by atoms with E-state index in [0.29, 0.717) is 24.4 Å². The number of nitrogens with zero attached hydrogens (tertiary/aromatic N) is 1. The fourth-order valence-corrected chi connectivity index (χ4v) is 4.09. The van der Waals surface area contributed by atoms with Gasteiger partial charge in [-0.15, -0.1) is 0 Å². The molecule has 0 saturated carbocycles. The van der Waals surface area contributed by atoms with E-state index in [1.54, 1.807) is 0 Å². The Morgan fingerprint density at radius 3 is 2.76 bits per heavy atom. The first-order valence-electron chi connectivity index (χ1n) is 9.18. The average molecular weight is 458 g/mol. The van der Waals surface area contributed by atoms with E-state index in [-0.39, 0.29) is 6.42 Å². The zero-order valence-electron chi connectivity index (χ0n) is 16.4. The number of carbonyl (C=O) groups is 1. The van der Waals surface area contributed by atoms with Crippen molar-refractivity contribution in [2.75, 3.05) is 18.7 Å². The summed E-state index contributed by atoms with van der Waals surface area (Å²) < 4.78 is 17.3. The lowest BCUT2D eigenvalue weighted by Crippen LogP contribution is -2.32. The highest BCUT2D eigenvalue weighted by Crippen LogP contribution is 2.37. The van der Waals surface area contributed by atoms with Crippen LogP contribution in [0.5, 0.6) is 5.75 Å². The van der Waals surface area contributed by atoms with Crippen molar-refractivity contribution in [1.82, 2.24) is 0 Å². The van der Waals surface area contributed by atoms with Crippen LogP contribution in [0.4, 0.5) is 5.69 Å². The lowest BCUT2D eigenvalue weighted by molar-refractivity contribution is -0.139. The number of benzene rings is 2. The molecule has 7 heteroatoms. The Morgan fingerprint density at radius 1 is 1.24 bits per heavy atom. The van der Waals surface area contributed by atoms with E-state index in [1.165, 1.54) is 7.11 Å². The Bertz CT molecular complexity index is 1180. The lowest BCUT2D eigenvalue weighted by Gasteiger charge is -2.32. The average Bonchev–Trinajstić information content (AvgIpc) is 2.71. The Labute approximate surface area is 176 Å². The van der Waals surface area contributed by atoms with Gasteiger partial charge in [0.25, 0.3) is 0 Å². The molecule has 2 heterocycles. The van der Waals surface area contributed by atoms with Gasteiger partial charge in [-0.1, -0.05) is 22.0 Å². The molecule has 0 radical (unpaired) electrons. The maximum atomic E-state index is 12.5. The highest BCUT2D eigenvalue weighted by molar-refractivity contribution is 9.10. The van der Waals surface area contributed by atoms with Gasteiger partial charge in [0, 0.05) is 33.2 Å². The molecular weight excluding hydrogens is 438 g/mol. The van der Waals surface area contributed by atoms with Crippen LogP contribution in [0.2, 0.25) is 0 Å². The SMILES string of the molecule is COC(=O)Cc1c(C)c2cc3c(c(C)c2oc1=O)OCN(c1cccc(Br)c1)C3. The number of aryl methyl sites for hydroxylation is 2. The Hall–Kier alpha value is -2.80. The predicted octanol–water partition coefficient (Wildman–Crippen LogP) is 4.24. The predicted molar refractivity (Wildman–Crippen MR) is 113 cm³/mol. The van der Waals surface area contributed by atoms with Gasteiger partial charge in [-0.05, 0) is 43.7 Å². The molecule has 0 N–H and O–H groups in total. The molecule has 0 atom stereocenters. The van der Waals surface area contributed by atoms with Gasteiger partial charge < -0.3 is 18.8 Å². The summed E-state index contributed by atoms with van der Waals surface area (Å²) in [4.78, 5) is 26.3. The van der Waals surface area contributed by atoms with Gasteiger partial charge in [0.15, 0.2) is 6.73 Å². The van der Waals surface area contributed by atoms with E-state index in [2.05, 4.69) is 20.8 Å². The number of rotatable bonds is 3. The molecule has 1 aromatic heterocycles. The van der Waals surface area contributed by atoms with Crippen LogP contribution in [0.1, 0.15) is 22.3 Å². The molecule has 0 amide bonds. The van der Waals surface area contributed by atoms with Crippen molar-refractivity contribution in [3.63, 3.8) is 0 Å². The topological polar surface area (TPSA) is 69.0 Å². The lowest BCUT2D eigenvalue weighted by atomic mass is 9.97. The van der Waals surface area contributed by atoms with Gasteiger partial charge in [-0.3, -0.25) is 4.79 Å². The van der Waals surface area contributed by atoms with Crippen molar-refractivity contribution in [2.45, 2.75) is 26.8 Å². The second-order valence-corrected chi connectivity index (χ2v) is 7.98. The molecular formula is C22H20BrNO5. The fourth-order valence-electron chi connectivity index (χ4n) is 3.70. The van der Waals surface area contributed by atoms with Crippen LogP contribution in [-0.4, -0.2) is 19.8 Å². The Kier molecular flexibility index (Phi) is 5.08. The highest BCUT2D eigenvalue weighted by Gasteiger charge is 2.24. The molecule has 0 aliphatic carbocycles. The molecule has 0 fully saturated rings. The van der Waals surface area contributed by atoms with Crippen molar-refractivity contribution >= 4 is 38.6 Å².